The van der Waals surface area contributed by atoms with Gasteiger partial charge in [0, 0.05) is 18.5 Å². The van der Waals surface area contributed by atoms with Crippen molar-refractivity contribution in [1.29, 1.82) is 0 Å². The molecule has 1 aromatic rings. The zero-order valence-corrected chi connectivity index (χ0v) is 9.63. The maximum Gasteiger partial charge on any atom is 0.254 e. The number of aromatic nitrogens is 2. The summed E-state index contributed by atoms with van der Waals surface area (Å²) < 4.78 is 1.78. The van der Waals surface area contributed by atoms with E-state index in [-0.39, 0.29) is 5.56 Å². The molecule has 0 aromatic carbocycles. The van der Waals surface area contributed by atoms with Crippen molar-refractivity contribution in [3.63, 3.8) is 0 Å². The predicted molar refractivity (Wildman–Crippen MR) is 60.4 cm³/mol. The summed E-state index contributed by atoms with van der Waals surface area (Å²) in [4.78, 5) is 16.0. The van der Waals surface area contributed by atoms with E-state index in [0.29, 0.717) is 11.1 Å². The van der Waals surface area contributed by atoms with Crippen LogP contribution in [0.4, 0.5) is 0 Å². The standard InChI is InChI=1S/C11H15ClN2O/c1-2-3-6-14-10(15)7-9(12)13-11(14)8-4-5-8/h7-8H,2-6H2,1H3. The summed E-state index contributed by atoms with van der Waals surface area (Å²) in [7, 11) is 0. The fourth-order valence-corrected chi connectivity index (χ4v) is 1.87. The SMILES string of the molecule is CCCCn1c(C2CC2)nc(Cl)cc1=O. The molecule has 4 heteroatoms. The number of nitrogens with zero attached hydrogens (tertiary/aromatic N) is 2. The lowest BCUT2D eigenvalue weighted by Gasteiger charge is -2.10. The van der Waals surface area contributed by atoms with Crippen LogP contribution in [0.25, 0.3) is 0 Å². The van der Waals surface area contributed by atoms with Crippen molar-refractivity contribution in [1.82, 2.24) is 9.55 Å². The number of unbranched alkanes of at least 4 members (excludes halogenated alkanes) is 1. The van der Waals surface area contributed by atoms with Gasteiger partial charge in [0.2, 0.25) is 0 Å². The Hall–Kier alpha value is -0.830. The van der Waals surface area contributed by atoms with E-state index in [0.717, 1.165) is 38.1 Å². The number of halogens is 1. The molecule has 1 aliphatic rings. The largest absolute Gasteiger partial charge is 0.296 e. The molecule has 0 amide bonds. The summed E-state index contributed by atoms with van der Waals surface area (Å²) in [6, 6.07) is 1.41. The second-order valence-corrected chi connectivity index (χ2v) is 4.44. The molecule has 82 valence electrons. The van der Waals surface area contributed by atoms with Crippen LogP contribution in [0.15, 0.2) is 10.9 Å². The molecule has 0 radical (unpaired) electrons. The van der Waals surface area contributed by atoms with E-state index in [1.54, 1.807) is 4.57 Å². The van der Waals surface area contributed by atoms with Crippen LogP contribution in [0.2, 0.25) is 5.15 Å². The molecule has 15 heavy (non-hydrogen) atoms. The van der Waals surface area contributed by atoms with Gasteiger partial charge < -0.3 is 0 Å². The van der Waals surface area contributed by atoms with Gasteiger partial charge in [-0.05, 0) is 19.3 Å². The Labute approximate surface area is 94.1 Å². The van der Waals surface area contributed by atoms with Crippen LogP contribution >= 0.6 is 11.6 Å². The van der Waals surface area contributed by atoms with E-state index in [4.69, 9.17) is 11.6 Å². The molecule has 0 bridgehead atoms. The molecule has 1 fully saturated rings. The van der Waals surface area contributed by atoms with Gasteiger partial charge in [-0.15, -0.1) is 0 Å². The molecule has 1 aromatic heterocycles. The van der Waals surface area contributed by atoms with Crippen LogP contribution in [0.3, 0.4) is 0 Å². The Balaban J connectivity index is 2.35. The van der Waals surface area contributed by atoms with Crippen LogP contribution < -0.4 is 5.56 Å². The third-order valence-corrected chi connectivity index (χ3v) is 2.88. The van der Waals surface area contributed by atoms with E-state index in [1.807, 2.05) is 0 Å². The third-order valence-electron chi connectivity index (χ3n) is 2.68. The van der Waals surface area contributed by atoms with E-state index in [1.165, 1.54) is 6.07 Å². The normalized spacial score (nSPS) is 15.6. The first-order valence-electron chi connectivity index (χ1n) is 5.49. The van der Waals surface area contributed by atoms with Crippen molar-refractivity contribution in [2.45, 2.75) is 45.1 Å². The first-order valence-corrected chi connectivity index (χ1v) is 5.87. The minimum atomic E-state index is -0.00894. The second-order valence-electron chi connectivity index (χ2n) is 4.05. The molecule has 0 aliphatic heterocycles. The van der Waals surface area contributed by atoms with Gasteiger partial charge in [0.1, 0.15) is 11.0 Å². The van der Waals surface area contributed by atoms with E-state index < -0.39 is 0 Å². The molecule has 0 spiro atoms. The summed E-state index contributed by atoms with van der Waals surface area (Å²) in [6.45, 7) is 2.89. The van der Waals surface area contributed by atoms with Crippen LogP contribution in [0.1, 0.15) is 44.3 Å². The summed E-state index contributed by atoms with van der Waals surface area (Å²) in [6.07, 6.45) is 4.37. The highest BCUT2D eigenvalue weighted by Gasteiger charge is 2.28. The molecule has 0 saturated heterocycles. The maximum absolute atomic E-state index is 11.7. The maximum atomic E-state index is 11.7. The van der Waals surface area contributed by atoms with E-state index in [9.17, 15) is 4.79 Å². The quantitative estimate of drug-likeness (QED) is 0.740. The fraction of sp³-hybridized carbons (Fsp3) is 0.636. The van der Waals surface area contributed by atoms with E-state index in [2.05, 4.69) is 11.9 Å². The Morgan fingerprint density at radius 1 is 1.60 bits per heavy atom. The summed E-state index contributed by atoms with van der Waals surface area (Å²) in [5.74, 6) is 1.36. The zero-order chi connectivity index (χ0) is 10.8. The highest BCUT2D eigenvalue weighted by molar-refractivity contribution is 6.29. The molecule has 0 N–H and O–H groups in total. The average Bonchev–Trinajstić information content (AvgIpc) is 2.98. The summed E-state index contributed by atoms with van der Waals surface area (Å²) >= 11 is 5.80. The van der Waals surface area contributed by atoms with Crippen LogP contribution in [-0.2, 0) is 6.54 Å². The average molecular weight is 227 g/mol. The summed E-state index contributed by atoms with van der Waals surface area (Å²) in [5, 5.41) is 0.328. The lowest BCUT2D eigenvalue weighted by atomic mass is 10.3. The zero-order valence-electron chi connectivity index (χ0n) is 8.87. The molecule has 2 rings (SSSR count). The first-order chi connectivity index (χ1) is 7.22. The molecular weight excluding hydrogens is 212 g/mol. The van der Waals surface area contributed by atoms with Crippen molar-refractivity contribution < 1.29 is 0 Å². The molecule has 0 unspecified atom stereocenters. The lowest BCUT2D eigenvalue weighted by molar-refractivity contribution is 0.571. The van der Waals surface area contributed by atoms with Crippen LogP contribution in [-0.4, -0.2) is 9.55 Å². The number of hydrogen-bond acceptors (Lipinski definition) is 2. The topological polar surface area (TPSA) is 34.9 Å². The van der Waals surface area contributed by atoms with Gasteiger partial charge in [-0.2, -0.15) is 0 Å². The Morgan fingerprint density at radius 2 is 2.33 bits per heavy atom. The van der Waals surface area contributed by atoms with E-state index >= 15 is 0 Å². The van der Waals surface area contributed by atoms with Gasteiger partial charge in [-0.25, -0.2) is 4.98 Å². The molecule has 1 heterocycles. The van der Waals surface area contributed by atoms with Crippen molar-refractivity contribution in [2.75, 3.05) is 0 Å². The molecule has 3 nitrogen and oxygen atoms in total. The highest BCUT2D eigenvalue weighted by Crippen LogP contribution is 2.38. The summed E-state index contributed by atoms with van der Waals surface area (Å²) in [5.41, 5.74) is -0.00894. The minimum Gasteiger partial charge on any atom is -0.296 e. The van der Waals surface area contributed by atoms with Crippen molar-refractivity contribution in [3.8, 4) is 0 Å². The highest BCUT2D eigenvalue weighted by atomic mass is 35.5. The van der Waals surface area contributed by atoms with Gasteiger partial charge in [-0.1, -0.05) is 24.9 Å². The van der Waals surface area contributed by atoms with Crippen molar-refractivity contribution in [2.24, 2.45) is 0 Å². The molecular formula is C11H15ClN2O. The third kappa shape index (κ3) is 2.40. The van der Waals surface area contributed by atoms with Crippen molar-refractivity contribution in [3.05, 3.63) is 27.4 Å². The Morgan fingerprint density at radius 3 is 2.93 bits per heavy atom. The van der Waals surface area contributed by atoms with Gasteiger partial charge >= 0.3 is 0 Å². The fourth-order valence-electron chi connectivity index (χ4n) is 1.69. The molecule has 0 atom stereocenters. The second kappa shape index (κ2) is 4.35. The van der Waals surface area contributed by atoms with Gasteiger partial charge in [0.25, 0.3) is 5.56 Å². The van der Waals surface area contributed by atoms with Gasteiger partial charge in [-0.3, -0.25) is 9.36 Å². The van der Waals surface area contributed by atoms with Gasteiger partial charge in [0.15, 0.2) is 0 Å². The smallest absolute Gasteiger partial charge is 0.254 e. The monoisotopic (exact) mass is 226 g/mol. The first kappa shape index (κ1) is 10.7. The van der Waals surface area contributed by atoms with Crippen molar-refractivity contribution >= 4 is 11.6 Å². The number of hydrogen-bond donors (Lipinski definition) is 0. The Bertz CT molecular complexity index is 410. The number of rotatable bonds is 4. The Kier molecular flexibility index (Phi) is 3.10. The minimum absolute atomic E-state index is 0.00894. The predicted octanol–water partition coefficient (Wildman–Crippen LogP) is 2.57. The van der Waals surface area contributed by atoms with Crippen LogP contribution in [0, 0.1) is 0 Å². The van der Waals surface area contributed by atoms with Crippen LogP contribution in [0.5, 0.6) is 0 Å². The van der Waals surface area contributed by atoms with Gasteiger partial charge in [0.05, 0.1) is 0 Å². The molecule has 1 aliphatic carbocycles. The molecule has 1 saturated carbocycles. The lowest BCUT2D eigenvalue weighted by Crippen LogP contribution is -2.24.